The molecular weight excluding hydrogens is 494 g/mol. The third kappa shape index (κ3) is 7.56. The summed E-state index contributed by atoms with van der Waals surface area (Å²) >= 11 is 0. The number of nitrogens with one attached hydrogen (secondary N) is 3. The Labute approximate surface area is 229 Å². The number of carbonyl (C=O) groups excluding carboxylic acids is 3. The molecule has 39 heavy (non-hydrogen) atoms. The molecule has 2 heterocycles. The van der Waals surface area contributed by atoms with Crippen LogP contribution in [-0.4, -0.2) is 54.0 Å². The second kappa shape index (κ2) is 13.4. The van der Waals surface area contributed by atoms with E-state index in [4.69, 9.17) is 9.72 Å². The maximum atomic E-state index is 13.2. The normalized spacial score (nSPS) is 13.4. The number of piperidine rings is 1. The smallest absolute Gasteiger partial charge is 0.319 e. The highest BCUT2D eigenvalue weighted by atomic mass is 16.5. The van der Waals surface area contributed by atoms with Crippen molar-refractivity contribution in [3.63, 3.8) is 0 Å². The van der Waals surface area contributed by atoms with Crippen LogP contribution in [0.5, 0.6) is 5.75 Å². The molecule has 1 saturated heterocycles. The van der Waals surface area contributed by atoms with Crippen molar-refractivity contribution in [1.29, 1.82) is 0 Å². The van der Waals surface area contributed by atoms with E-state index in [0.29, 0.717) is 50.3 Å². The van der Waals surface area contributed by atoms with E-state index in [9.17, 15) is 14.4 Å². The zero-order valence-electron chi connectivity index (χ0n) is 22.4. The number of pyridine rings is 1. The summed E-state index contributed by atoms with van der Waals surface area (Å²) in [5.74, 6) is 0.488. The molecule has 0 saturated carbocycles. The number of benzene rings is 2. The van der Waals surface area contributed by atoms with Gasteiger partial charge >= 0.3 is 6.03 Å². The van der Waals surface area contributed by atoms with Gasteiger partial charge in [0.2, 0.25) is 5.91 Å². The second-order valence-corrected chi connectivity index (χ2v) is 9.44. The molecule has 0 aliphatic carbocycles. The van der Waals surface area contributed by atoms with Crippen molar-refractivity contribution < 1.29 is 19.1 Å². The number of para-hydroxylation sites is 2. The van der Waals surface area contributed by atoms with E-state index in [2.05, 4.69) is 16.0 Å². The molecule has 0 atom stereocenters. The Hall–Kier alpha value is -4.40. The van der Waals surface area contributed by atoms with Crippen LogP contribution in [0.25, 0.3) is 0 Å². The van der Waals surface area contributed by atoms with Gasteiger partial charge in [0.1, 0.15) is 5.75 Å². The lowest BCUT2D eigenvalue weighted by Gasteiger charge is -2.32. The average molecular weight is 530 g/mol. The minimum Gasteiger partial charge on any atom is -0.494 e. The fourth-order valence-electron chi connectivity index (χ4n) is 4.66. The van der Waals surface area contributed by atoms with Crippen molar-refractivity contribution in [2.24, 2.45) is 0 Å². The first kappa shape index (κ1) is 27.6. The zero-order valence-corrected chi connectivity index (χ0v) is 22.4. The Morgan fingerprint density at radius 1 is 0.949 bits per heavy atom. The third-order valence-electron chi connectivity index (χ3n) is 6.69. The van der Waals surface area contributed by atoms with E-state index < -0.39 is 6.03 Å². The molecule has 0 spiro atoms. The van der Waals surface area contributed by atoms with Crippen molar-refractivity contribution in [2.45, 2.75) is 39.2 Å². The lowest BCUT2D eigenvalue weighted by Crippen LogP contribution is -2.44. The summed E-state index contributed by atoms with van der Waals surface area (Å²) in [6, 6.07) is 20.0. The van der Waals surface area contributed by atoms with Crippen LogP contribution in [0.4, 0.5) is 10.5 Å². The minimum absolute atomic E-state index is 0.0553. The molecule has 1 fully saturated rings. The van der Waals surface area contributed by atoms with Crippen LogP contribution in [0.1, 0.15) is 53.0 Å². The fraction of sp³-hybridized carbons (Fsp3) is 0.333. The number of rotatable bonds is 9. The molecule has 1 aromatic heterocycles. The highest BCUT2D eigenvalue weighted by Gasteiger charge is 2.28. The quantitative estimate of drug-likeness (QED) is 0.384. The van der Waals surface area contributed by atoms with Gasteiger partial charge in [0, 0.05) is 42.5 Å². The predicted molar refractivity (Wildman–Crippen MR) is 150 cm³/mol. The number of carbonyl (C=O) groups is 3. The first-order valence-electron chi connectivity index (χ1n) is 13.3. The maximum Gasteiger partial charge on any atom is 0.319 e. The standard InChI is InChI=1S/C30H35N5O4/c1-3-39-26-12-8-7-9-23(26)19-31-29(37)25-14-13-21(2)33-28(25)22-15-17-35(18-16-22)27(36)20-32-30(38)34-24-10-5-4-6-11-24/h4-14,22H,3,15-20H2,1-2H3,(H,31,37)(H2,32,34,38). The van der Waals surface area contributed by atoms with Gasteiger partial charge in [-0.15, -0.1) is 0 Å². The SMILES string of the molecule is CCOc1ccccc1CNC(=O)c1ccc(C)nc1C1CCN(C(=O)CNC(=O)Nc2ccccc2)CC1. The summed E-state index contributed by atoms with van der Waals surface area (Å²) in [6.07, 6.45) is 1.37. The molecule has 2 aromatic carbocycles. The predicted octanol–water partition coefficient (Wildman–Crippen LogP) is 4.25. The molecule has 1 aliphatic heterocycles. The molecule has 0 radical (unpaired) electrons. The first-order chi connectivity index (χ1) is 18.9. The molecule has 9 nitrogen and oxygen atoms in total. The Balaban J connectivity index is 1.32. The summed E-state index contributed by atoms with van der Waals surface area (Å²) in [6.45, 7) is 5.72. The van der Waals surface area contributed by atoms with Crippen LogP contribution in [0, 0.1) is 6.92 Å². The van der Waals surface area contributed by atoms with Gasteiger partial charge in [-0.1, -0.05) is 36.4 Å². The number of ether oxygens (including phenoxy) is 1. The molecule has 0 bridgehead atoms. The summed E-state index contributed by atoms with van der Waals surface area (Å²) < 4.78 is 5.67. The van der Waals surface area contributed by atoms with Gasteiger partial charge in [-0.25, -0.2) is 4.79 Å². The van der Waals surface area contributed by atoms with E-state index in [-0.39, 0.29) is 24.3 Å². The fourth-order valence-corrected chi connectivity index (χ4v) is 4.66. The number of anilines is 1. The van der Waals surface area contributed by atoms with E-state index in [0.717, 1.165) is 22.7 Å². The highest BCUT2D eigenvalue weighted by molar-refractivity contribution is 5.95. The van der Waals surface area contributed by atoms with E-state index >= 15 is 0 Å². The number of aromatic nitrogens is 1. The Bertz CT molecular complexity index is 1290. The number of hydrogen-bond donors (Lipinski definition) is 3. The van der Waals surface area contributed by atoms with E-state index in [1.807, 2.05) is 68.4 Å². The first-order valence-corrected chi connectivity index (χ1v) is 13.3. The van der Waals surface area contributed by atoms with Crippen LogP contribution >= 0.6 is 0 Å². The van der Waals surface area contributed by atoms with Gasteiger partial charge in [0.15, 0.2) is 0 Å². The maximum absolute atomic E-state index is 13.2. The van der Waals surface area contributed by atoms with Gasteiger partial charge in [0.05, 0.1) is 24.4 Å². The molecule has 1 aliphatic rings. The van der Waals surface area contributed by atoms with Crippen molar-refractivity contribution in [3.8, 4) is 5.75 Å². The molecule has 4 rings (SSSR count). The molecule has 3 aromatic rings. The molecule has 204 valence electrons. The summed E-state index contributed by atoms with van der Waals surface area (Å²) in [5.41, 5.74) is 3.73. The van der Waals surface area contributed by atoms with Crippen molar-refractivity contribution >= 4 is 23.5 Å². The van der Waals surface area contributed by atoms with Crippen LogP contribution in [0.3, 0.4) is 0 Å². The van der Waals surface area contributed by atoms with Crippen molar-refractivity contribution in [1.82, 2.24) is 20.5 Å². The lowest BCUT2D eigenvalue weighted by molar-refractivity contribution is -0.131. The summed E-state index contributed by atoms with van der Waals surface area (Å²) in [5, 5.41) is 8.35. The van der Waals surface area contributed by atoms with Crippen LogP contribution in [0.15, 0.2) is 66.7 Å². The Morgan fingerprint density at radius 3 is 2.41 bits per heavy atom. The molecule has 9 heteroatoms. The van der Waals surface area contributed by atoms with Crippen molar-refractivity contribution in [3.05, 3.63) is 89.2 Å². The Kier molecular flexibility index (Phi) is 9.50. The van der Waals surface area contributed by atoms with Crippen LogP contribution < -0.4 is 20.7 Å². The number of aryl methyl sites for hydroxylation is 1. The minimum atomic E-state index is -0.423. The molecular formula is C30H35N5O4. The summed E-state index contributed by atoms with van der Waals surface area (Å²) in [4.78, 5) is 44.5. The largest absolute Gasteiger partial charge is 0.494 e. The average Bonchev–Trinajstić information content (AvgIpc) is 2.96. The third-order valence-corrected chi connectivity index (χ3v) is 6.69. The summed E-state index contributed by atoms with van der Waals surface area (Å²) in [7, 11) is 0. The lowest BCUT2D eigenvalue weighted by atomic mass is 9.89. The number of amides is 4. The van der Waals surface area contributed by atoms with Gasteiger partial charge in [-0.05, 0) is 57.0 Å². The van der Waals surface area contributed by atoms with Gasteiger partial charge in [0.25, 0.3) is 5.91 Å². The monoisotopic (exact) mass is 529 g/mol. The van der Waals surface area contributed by atoms with Gasteiger partial charge < -0.3 is 25.6 Å². The van der Waals surface area contributed by atoms with E-state index in [1.165, 1.54) is 0 Å². The number of likely N-dealkylation sites (tertiary alicyclic amines) is 1. The van der Waals surface area contributed by atoms with Crippen LogP contribution in [0.2, 0.25) is 0 Å². The van der Waals surface area contributed by atoms with Crippen LogP contribution in [-0.2, 0) is 11.3 Å². The molecule has 0 unspecified atom stereocenters. The molecule has 4 amide bonds. The molecule has 3 N–H and O–H groups in total. The number of nitrogens with zero attached hydrogens (tertiary/aromatic N) is 2. The Morgan fingerprint density at radius 2 is 1.67 bits per heavy atom. The number of hydrogen-bond acceptors (Lipinski definition) is 5. The van der Waals surface area contributed by atoms with Crippen molar-refractivity contribution in [2.75, 3.05) is 31.6 Å². The highest BCUT2D eigenvalue weighted by Crippen LogP contribution is 2.29. The van der Waals surface area contributed by atoms with Gasteiger partial charge in [-0.2, -0.15) is 0 Å². The van der Waals surface area contributed by atoms with Gasteiger partial charge in [-0.3, -0.25) is 14.6 Å². The number of urea groups is 1. The second-order valence-electron chi connectivity index (χ2n) is 9.44. The topological polar surface area (TPSA) is 113 Å². The van der Waals surface area contributed by atoms with E-state index in [1.54, 1.807) is 17.0 Å². The zero-order chi connectivity index (χ0) is 27.6.